The number of benzene rings is 2. The minimum absolute atomic E-state index is 0.212. The fourth-order valence-electron chi connectivity index (χ4n) is 2.87. The second-order valence-electron chi connectivity index (χ2n) is 6.03. The molecule has 24 heavy (non-hydrogen) atoms. The highest BCUT2D eigenvalue weighted by Crippen LogP contribution is 2.21. The summed E-state index contributed by atoms with van der Waals surface area (Å²) in [7, 11) is 0. The van der Waals surface area contributed by atoms with Gasteiger partial charge in [0, 0.05) is 36.0 Å². The predicted molar refractivity (Wildman–Crippen MR) is 99.8 cm³/mol. The first-order valence-corrected chi connectivity index (χ1v) is 8.73. The van der Waals surface area contributed by atoms with Crippen LogP contribution in [0.3, 0.4) is 0 Å². The summed E-state index contributed by atoms with van der Waals surface area (Å²) in [6.45, 7) is 2.71. The Bertz CT molecular complexity index is 664. The van der Waals surface area contributed by atoms with Gasteiger partial charge in [-0.05, 0) is 61.2 Å². The number of hydrogen-bond acceptors (Lipinski definition) is 2. The van der Waals surface area contributed by atoms with Crippen LogP contribution in [0.15, 0.2) is 48.5 Å². The fraction of sp³-hybridized carbons (Fsp3) is 0.316. The van der Waals surface area contributed by atoms with Crippen LogP contribution in [-0.4, -0.2) is 19.1 Å². The molecule has 0 radical (unpaired) electrons. The summed E-state index contributed by atoms with van der Waals surface area (Å²) in [5.41, 5.74) is 3.03. The van der Waals surface area contributed by atoms with Gasteiger partial charge in [-0.2, -0.15) is 0 Å². The number of hydrogen-bond donors (Lipinski definition) is 2. The second-order valence-corrected chi connectivity index (χ2v) is 6.47. The maximum atomic E-state index is 12.0. The highest BCUT2D eigenvalue weighted by atomic mass is 35.5. The number of amides is 2. The number of piperidine rings is 1. The quantitative estimate of drug-likeness (QED) is 0.848. The molecule has 1 saturated heterocycles. The molecule has 2 N–H and O–H groups in total. The first kappa shape index (κ1) is 16.7. The lowest BCUT2D eigenvalue weighted by Gasteiger charge is -2.28. The van der Waals surface area contributed by atoms with Crippen molar-refractivity contribution in [1.29, 1.82) is 0 Å². The van der Waals surface area contributed by atoms with Crippen LogP contribution in [0.25, 0.3) is 0 Å². The van der Waals surface area contributed by atoms with E-state index < -0.39 is 0 Å². The van der Waals surface area contributed by atoms with E-state index in [-0.39, 0.29) is 6.03 Å². The topological polar surface area (TPSA) is 44.4 Å². The van der Waals surface area contributed by atoms with Crippen LogP contribution in [0, 0.1) is 0 Å². The molecule has 2 amide bonds. The minimum Gasteiger partial charge on any atom is -0.372 e. The molecule has 2 aromatic rings. The van der Waals surface area contributed by atoms with Crippen molar-refractivity contribution < 1.29 is 4.79 Å². The Morgan fingerprint density at radius 2 is 1.62 bits per heavy atom. The summed E-state index contributed by atoms with van der Waals surface area (Å²) >= 11 is 5.85. The number of nitrogens with one attached hydrogen (secondary N) is 2. The number of anilines is 2. The third-order valence-electron chi connectivity index (χ3n) is 4.21. The average Bonchev–Trinajstić information content (AvgIpc) is 2.63. The summed E-state index contributed by atoms with van der Waals surface area (Å²) in [4.78, 5) is 14.4. The number of urea groups is 1. The van der Waals surface area contributed by atoms with E-state index in [2.05, 4.69) is 27.7 Å². The van der Waals surface area contributed by atoms with Crippen molar-refractivity contribution in [2.75, 3.05) is 23.3 Å². The van der Waals surface area contributed by atoms with E-state index in [9.17, 15) is 4.79 Å². The predicted octanol–water partition coefficient (Wildman–Crippen LogP) is 4.65. The molecule has 0 unspecified atom stereocenters. The zero-order valence-electron chi connectivity index (χ0n) is 13.6. The van der Waals surface area contributed by atoms with Crippen molar-refractivity contribution >= 4 is 29.0 Å². The Morgan fingerprint density at radius 1 is 0.958 bits per heavy atom. The van der Waals surface area contributed by atoms with Crippen molar-refractivity contribution in [2.24, 2.45) is 0 Å². The molecule has 0 aromatic heterocycles. The molecule has 1 aliphatic heterocycles. The molecule has 5 heteroatoms. The normalized spacial score (nSPS) is 14.3. The number of halogens is 1. The molecule has 2 aromatic carbocycles. The number of carbonyl (C=O) groups excluding carboxylic acids is 1. The van der Waals surface area contributed by atoms with Crippen molar-refractivity contribution in [2.45, 2.75) is 25.8 Å². The number of nitrogens with zero attached hydrogens (tertiary/aromatic N) is 1. The molecule has 0 bridgehead atoms. The van der Waals surface area contributed by atoms with Crippen LogP contribution in [0.1, 0.15) is 24.8 Å². The standard InChI is InChI=1S/C19H22ClN3O/c20-16-6-4-15(5-7-16)14-21-19(24)22-17-8-10-18(11-9-17)23-12-2-1-3-13-23/h4-11H,1-3,12-14H2,(H2,21,22,24). The summed E-state index contributed by atoms with van der Waals surface area (Å²) in [5, 5.41) is 6.39. The summed E-state index contributed by atoms with van der Waals surface area (Å²) in [5.74, 6) is 0. The number of carbonyl (C=O) groups is 1. The van der Waals surface area contributed by atoms with Gasteiger partial charge < -0.3 is 15.5 Å². The Morgan fingerprint density at radius 3 is 2.29 bits per heavy atom. The lowest BCUT2D eigenvalue weighted by Crippen LogP contribution is -2.29. The SMILES string of the molecule is O=C(NCc1ccc(Cl)cc1)Nc1ccc(N2CCCCC2)cc1. The van der Waals surface area contributed by atoms with Gasteiger partial charge in [-0.15, -0.1) is 0 Å². The molecule has 0 atom stereocenters. The van der Waals surface area contributed by atoms with Gasteiger partial charge in [0.1, 0.15) is 0 Å². The van der Waals surface area contributed by atoms with E-state index in [0.717, 1.165) is 24.3 Å². The Hall–Kier alpha value is -2.20. The van der Waals surface area contributed by atoms with Gasteiger partial charge in [-0.25, -0.2) is 4.79 Å². The smallest absolute Gasteiger partial charge is 0.319 e. The molecule has 4 nitrogen and oxygen atoms in total. The van der Waals surface area contributed by atoms with Gasteiger partial charge >= 0.3 is 6.03 Å². The second kappa shape index (κ2) is 8.06. The monoisotopic (exact) mass is 343 g/mol. The third kappa shape index (κ3) is 4.65. The Kier molecular flexibility index (Phi) is 5.59. The van der Waals surface area contributed by atoms with E-state index in [1.165, 1.54) is 24.9 Å². The summed E-state index contributed by atoms with van der Waals surface area (Å²) < 4.78 is 0. The molecule has 0 aliphatic carbocycles. The van der Waals surface area contributed by atoms with E-state index in [0.29, 0.717) is 11.6 Å². The summed E-state index contributed by atoms with van der Waals surface area (Å²) in [6, 6.07) is 15.3. The van der Waals surface area contributed by atoms with E-state index >= 15 is 0 Å². The zero-order valence-corrected chi connectivity index (χ0v) is 14.4. The van der Waals surface area contributed by atoms with Gasteiger partial charge in [0.05, 0.1) is 0 Å². The van der Waals surface area contributed by atoms with Crippen molar-refractivity contribution in [3.8, 4) is 0 Å². The maximum absolute atomic E-state index is 12.0. The van der Waals surface area contributed by atoms with Crippen LogP contribution in [-0.2, 0) is 6.54 Å². The van der Waals surface area contributed by atoms with E-state index in [4.69, 9.17) is 11.6 Å². The highest BCUT2D eigenvalue weighted by molar-refractivity contribution is 6.30. The lowest BCUT2D eigenvalue weighted by molar-refractivity contribution is 0.251. The van der Waals surface area contributed by atoms with Gasteiger partial charge in [0.25, 0.3) is 0 Å². The van der Waals surface area contributed by atoms with Gasteiger partial charge in [0.2, 0.25) is 0 Å². The van der Waals surface area contributed by atoms with Gasteiger partial charge in [-0.3, -0.25) is 0 Å². The largest absolute Gasteiger partial charge is 0.372 e. The van der Waals surface area contributed by atoms with Gasteiger partial charge in [0.15, 0.2) is 0 Å². The molecule has 0 spiro atoms. The zero-order chi connectivity index (χ0) is 16.8. The Labute approximate surface area is 147 Å². The lowest BCUT2D eigenvalue weighted by atomic mass is 10.1. The Balaban J connectivity index is 1.49. The van der Waals surface area contributed by atoms with Crippen LogP contribution in [0.2, 0.25) is 5.02 Å². The molecule has 1 heterocycles. The fourth-order valence-corrected chi connectivity index (χ4v) is 2.99. The van der Waals surface area contributed by atoms with Crippen molar-refractivity contribution in [3.05, 3.63) is 59.1 Å². The first-order chi connectivity index (χ1) is 11.7. The van der Waals surface area contributed by atoms with E-state index in [1.807, 2.05) is 36.4 Å². The average molecular weight is 344 g/mol. The molecule has 1 fully saturated rings. The van der Waals surface area contributed by atoms with E-state index in [1.54, 1.807) is 0 Å². The molecular formula is C19H22ClN3O. The molecule has 126 valence electrons. The van der Waals surface area contributed by atoms with Crippen LogP contribution < -0.4 is 15.5 Å². The minimum atomic E-state index is -0.212. The van der Waals surface area contributed by atoms with Crippen molar-refractivity contribution in [1.82, 2.24) is 5.32 Å². The third-order valence-corrected chi connectivity index (χ3v) is 4.46. The summed E-state index contributed by atoms with van der Waals surface area (Å²) in [6.07, 6.45) is 3.84. The molecule has 0 saturated carbocycles. The maximum Gasteiger partial charge on any atom is 0.319 e. The highest BCUT2D eigenvalue weighted by Gasteiger charge is 2.10. The van der Waals surface area contributed by atoms with Crippen molar-refractivity contribution in [3.63, 3.8) is 0 Å². The first-order valence-electron chi connectivity index (χ1n) is 8.35. The molecule has 1 aliphatic rings. The number of rotatable bonds is 4. The van der Waals surface area contributed by atoms with Crippen LogP contribution in [0.4, 0.5) is 16.2 Å². The van der Waals surface area contributed by atoms with Gasteiger partial charge in [-0.1, -0.05) is 23.7 Å². The van der Waals surface area contributed by atoms with Crippen LogP contribution in [0.5, 0.6) is 0 Å². The molecule has 3 rings (SSSR count). The molecular weight excluding hydrogens is 322 g/mol. The van der Waals surface area contributed by atoms with Crippen LogP contribution >= 0.6 is 11.6 Å².